The smallest absolute Gasteiger partial charge is 0.279 e. The zero-order valence-corrected chi connectivity index (χ0v) is 24.3. The molecule has 0 unspecified atom stereocenters. The van der Waals surface area contributed by atoms with Crippen molar-refractivity contribution in [3.8, 4) is 0 Å². The van der Waals surface area contributed by atoms with Crippen molar-refractivity contribution in [1.29, 1.82) is 0 Å². The Kier molecular flexibility index (Phi) is 7.98. The van der Waals surface area contributed by atoms with Gasteiger partial charge in [0.05, 0.1) is 13.1 Å². The van der Waals surface area contributed by atoms with Gasteiger partial charge in [0.15, 0.2) is 12.1 Å². The number of hydroxylamine groups is 6. The third-order valence-corrected chi connectivity index (χ3v) is 7.75. The first kappa shape index (κ1) is 29.2. The monoisotopic (exact) mass is 536 g/mol. The molecule has 4 atom stereocenters. The predicted octanol–water partition coefficient (Wildman–Crippen LogP) is 4.08. The van der Waals surface area contributed by atoms with Gasteiger partial charge in [0.25, 0.3) is 11.8 Å². The van der Waals surface area contributed by atoms with Crippen LogP contribution in [0.15, 0.2) is 48.5 Å². The normalized spacial score (nSPS) is 26.8. The van der Waals surface area contributed by atoms with Crippen molar-refractivity contribution in [2.24, 2.45) is 0 Å². The highest BCUT2D eigenvalue weighted by Crippen LogP contribution is 2.33. The minimum Gasteiger partial charge on any atom is -0.632 e. The molecule has 4 rings (SSSR count). The van der Waals surface area contributed by atoms with Gasteiger partial charge in [-0.1, -0.05) is 48.5 Å². The summed E-state index contributed by atoms with van der Waals surface area (Å²) in [6, 6.07) is 14.0. The SMILES string of the molecule is CC(C)(C)NC(=O)[C@@H]1Cc2ccccc2C[N@@+]1([O-])CCC[N@+]1([O-])Cc2ccccc2C[C@H]1C(=O)NC(C)(C)C. The van der Waals surface area contributed by atoms with Crippen molar-refractivity contribution < 1.29 is 18.9 Å². The molecule has 0 aliphatic carbocycles. The Morgan fingerprint density at radius 3 is 1.36 bits per heavy atom. The first-order chi connectivity index (χ1) is 18.1. The van der Waals surface area contributed by atoms with E-state index in [4.69, 9.17) is 0 Å². The Bertz CT molecular complexity index is 1120. The van der Waals surface area contributed by atoms with Crippen LogP contribution in [0.3, 0.4) is 0 Å². The molecule has 0 bridgehead atoms. The molecule has 2 heterocycles. The lowest BCUT2D eigenvalue weighted by atomic mass is 9.91. The molecule has 2 aromatic rings. The number of benzene rings is 2. The largest absolute Gasteiger partial charge is 0.632 e. The molecule has 0 radical (unpaired) electrons. The molecule has 2 amide bonds. The molecule has 0 saturated carbocycles. The number of nitrogens with zero attached hydrogens (tertiary/aromatic N) is 2. The molecular formula is C31H44N4O4. The molecule has 2 aliphatic heterocycles. The Labute approximate surface area is 232 Å². The van der Waals surface area contributed by atoms with Crippen molar-refractivity contribution in [3.63, 3.8) is 0 Å². The van der Waals surface area contributed by atoms with Crippen molar-refractivity contribution >= 4 is 11.8 Å². The molecule has 39 heavy (non-hydrogen) atoms. The molecule has 0 fully saturated rings. The van der Waals surface area contributed by atoms with Crippen LogP contribution < -0.4 is 10.6 Å². The number of quaternary nitrogens is 2. The van der Waals surface area contributed by atoms with Gasteiger partial charge in [-0.2, -0.15) is 0 Å². The van der Waals surface area contributed by atoms with Gasteiger partial charge < -0.3 is 30.3 Å². The van der Waals surface area contributed by atoms with Crippen LogP contribution in [0.4, 0.5) is 0 Å². The van der Waals surface area contributed by atoms with Crippen LogP contribution >= 0.6 is 0 Å². The van der Waals surface area contributed by atoms with E-state index in [1.54, 1.807) is 0 Å². The van der Waals surface area contributed by atoms with E-state index < -0.39 is 32.5 Å². The lowest BCUT2D eigenvalue weighted by Crippen LogP contribution is -2.64. The van der Waals surface area contributed by atoms with Crippen molar-refractivity contribution in [1.82, 2.24) is 10.6 Å². The van der Waals surface area contributed by atoms with Gasteiger partial charge in [0, 0.05) is 41.5 Å². The topological polar surface area (TPSA) is 104 Å². The molecule has 8 heteroatoms. The Balaban J connectivity index is 1.56. The number of carbonyl (C=O) groups excluding carboxylic acids is 2. The fourth-order valence-corrected chi connectivity index (χ4v) is 5.96. The van der Waals surface area contributed by atoms with E-state index in [-0.39, 0.29) is 38.0 Å². The molecule has 212 valence electrons. The molecule has 2 aromatic carbocycles. The van der Waals surface area contributed by atoms with Crippen LogP contribution in [0.2, 0.25) is 0 Å². The van der Waals surface area contributed by atoms with Gasteiger partial charge in [-0.25, -0.2) is 0 Å². The zero-order valence-electron chi connectivity index (χ0n) is 24.3. The second-order valence-corrected chi connectivity index (χ2v) is 13.5. The van der Waals surface area contributed by atoms with Crippen molar-refractivity contribution in [2.75, 3.05) is 13.1 Å². The highest BCUT2D eigenvalue weighted by atomic mass is 16.6. The summed E-state index contributed by atoms with van der Waals surface area (Å²) in [6.07, 6.45) is 1.04. The van der Waals surface area contributed by atoms with E-state index in [1.165, 1.54) is 0 Å². The van der Waals surface area contributed by atoms with E-state index in [2.05, 4.69) is 10.6 Å². The minimum atomic E-state index is -0.790. The minimum absolute atomic E-state index is 0.133. The van der Waals surface area contributed by atoms with Gasteiger partial charge in [-0.3, -0.25) is 9.59 Å². The van der Waals surface area contributed by atoms with Crippen LogP contribution in [0.1, 0.15) is 70.2 Å². The van der Waals surface area contributed by atoms with E-state index in [9.17, 15) is 20.0 Å². The third-order valence-electron chi connectivity index (χ3n) is 7.75. The van der Waals surface area contributed by atoms with Crippen LogP contribution in [-0.4, -0.2) is 57.4 Å². The average Bonchev–Trinajstić information content (AvgIpc) is 2.80. The zero-order chi connectivity index (χ0) is 28.6. The Hall–Kier alpha value is -2.78. The first-order valence-electron chi connectivity index (χ1n) is 14.0. The summed E-state index contributed by atoms with van der Waals surface area (Å²) in [6.45, 7) is 12.1. The standard InChI is InChI=1S/C31H44N4O4/c1-30(2,3)32-28(36)26-18-22-12-7-9-14-24(22)20-34(26,38)16-11-17-35(39)21-25-15-10-8-13-23(25)19-27(35)29(37)33-31(4,5)6/h7-10,12-15,26-27H,11,16-21H2,1-6H3,(H,32,36)(H,33,37)/t26-,27-,34-,35-/m0/s1. The van der Waals surface area contributed by atoms with Crippen molar-refractivity contribution in [3.05, 3.63) is 81.2 Å². The fraction of sp³-hybridized carbons (Fsp3) is 0.548. The lowest BCUT2D eigenvalue weighted by molar-refractivity contribution is -0.929. The summed E-state index contributed by atoms with van der Waals surface area (Å²) in [7, 11) is 0. The van der Waals surface area contributed by atoms with Crippen LogP contribution in [0.25, 0.3) is 0 Å². The first-order valence-corrected chi connectivity index (χ1v) is 14.0. The molecular weight excluding hydrogens is 492 g/mol. The number of carbonyl (C=O) groups is 2. The van der Waals surface area contributed by atoms with Gasteiger partial charge in [0.1, 0.15) is 13.1 Å². The van der Waals surface area contributed by atoms with E-state index in [0.29, 0.717) is 19.3 Å². The highest BCUT2D eigenvalue weighted by molar-refractivity contribution is 5.82. The summed E-state index contributed by atoms with van der Waals surface area (Å²) >= 11 is 0. The van der Waals surface area contributed by atoms with Crippen LogP contribution in [-0.2, 0) is 35.5 Å². The van der Waals surface area contributed by atoms with Gasteiger partial charge >= 0.3 is 0 Å². The van der Waals surface area contributed by atoms with E-state index in [1.807, 2.05) is 90.1 Å². The summed E-state index contributed by atoms with van der Waals surface area (Å²) < 4.78 is -1.40. The summed E-state index contributed by atoms with van der Waals surface area (Å²) in [4.78, 5) is 26.7. The quantitative estimate of drug-likeness (QED) is 0.429. The van der Waals surface area contributed by atoms with Gasteiger partial charge in [-0.05, 0) is 52.7 Å². The van der Waals surface area contributed by atoms with Crippen LogP contribution in [0.5, 0.6) is 0 Å². The Morgan fingerprint density at radius 2 is 1.03 bits per heavy atom. The lowest BCUT2D eigenvalue weighted by Gasteiger charge is -2.53. The molecule has 2 aliphatic rings. The second kappa shape index (κ2) is 10.7. The fourth-order valence-electron chi connectivity index (χ4n) is 5.96. The molecule has 0 saturated heterocycles. The molecule has 8 nitrogen and oxygen atoms in total. The number of amides is 2. The number of rotatable bonds is 6. The molecule has 0 spiro atoms. The predicted molar refractivity (Wildman–Crippen MR) is 153 cm³/mol. The summed E-state index contributed by atoms with van der Waals surface area (Å²) in [5.41, 5.74) is 3.03. The third kappa shape index (κ3) is 6.87. The van der Waals surface area contributed by atoms with E-state index >= 15 is 0 Å². The van der Waals surface area contributed by atoms with Crippen molar-refractivity contribution in [2.45, 2.75) is 97.1 Å². The number of hydrogen-bond acceptors (Lipinski definition) is 4. The average molecular weight is 537 g/mol. The number of hydrogen-bond donors (Lipinski definition) is 2. The maximum Gasteiger partial charge on any atom is 0.279 e. The Morgan fingerprint density at radius 1 is 0.692 bits per heavy atom. The van der Waals surface area contributed by atoms with E-state index in [0.717, 1.165) is 22.3 Å². The van der Waals surface area contributed by atoms with Gasteiger partial charge in [-0.15, -0.1) is 0 Å². The van der Waals surface area contributed by atoms with Gasteiger partial charge in [0.2, 0.25) is 0 Å². The molecule has 2 N–H and O–H groups in total. The summed E-state index contributed by atoms with van der Waals surface area (Å²) in [5.74, 6) is -0.514. The highest BCUT2D eigenvalue weighted by Gasteiger charge is 2.44. The maximum atomic E-state index is 14.4. The molecule has 0 aromatic heterocycles. The number of nitrogens with one attached hydrogen (secondary N) is 2. The van der Waals surface area contributed by atoms with Crippen LogP contribution in [0, 0.1) is 10.4 Å². The maximum absolute atomic E-state index is 14.4. The number of fused-ring (bicyclic) bond motifs is 2. The second-order valence-electron chi connectivity index (χ2n) is 13.5. The summed E-state index contributed by atoms with van der Waals surface area (Å²) in [5, 5.41) is 34.8.